The van der Waals surface area contributed by atoms with Crippen molar-refractivity contribution in [2.24, 2.45) is 0 Å². The van der Waals surface area contributed by atoms with E-state index in [1.165, 1.54) is 12.1 Å². The molecule has 1 atom stereocenters. The molecular weight excluding hydrogens is 354 g/mol. The summed E-state index contributed by atoms with van der Waals surface area (Å²) in [5, 5.41) is 3.03. The van der Waals surface area contributed by atoms with Crippen LogP contribution >= 0.6 is 0 Å². The quantitative estimate of drug-likeness (QED) is 0.832. The molecule has 6 nitrogen and oxygen atoms in total. The zero-order valence-corrected chi connectivity index (χ0v) is 16.1. The minimum atomic E-state index is -0.484. The Morgan fingerprint density at radius 3 is 2.82 bits per heavy atom. The van der Waals surface area contributed by atoms with Crippen molar-refractivity contribution in [1.29, 1.82) is 0 Å². The van der Waals surface area contributed by atoms with Gasteiger partial charge in [-0.3, -0.25) is 9.69 Å². The molecule has 1 aromatic heterocycles. The van der Waals surface area contributed by atoms with Crippen LogP contribution in [0.3, 0.4) is 0 Å². The highest BCUT2D eigenvalue weighted by atomic mass is 16.7. The fraction of sp³-hybridized carbons (Fsp3) is 0.500. The lowest BCUT2D eigenvalue weighted by Gasteiger charge is -2.31. The second kappa shape index (κ2) is 7.17. The van der Waals surface area contributed by atoms with Crippen LogP contribution < -0.4 is 14.8 Å². The standard InChI is InChI=1S/C22H27N3O3/c26-21(15-25-13-5-7-18(25)17-6-4-12-23-17)24-16-8-9-19-20(14-16)28-22(27-19)10-2-1-3-11-22/h4,6,8-9,12,14,18,23H,1-3,5,7,10-11,13,15H2,(H,24,26). The number of anilines is 1. The van der Waals surface area contributed by atoms with Gasteiger partial charge in [-0.05, 0) is 56.5 Å². The molecule has 1 saturated carbocycles. The van der Waals surface area contributed by atoms with Gasteiger partial charge in [-0.25, -0.2) is 0 Å². The van der Waals surface area contributed by atoms with Crippen LogP contribution in [0.15, 0.2) is 36.5 Å². The van der Waals surface area contributed by atoms with Gasteiger partial charge in [0, 0.05) is 36.5 Å². The number of rotatable bonds is 4. The molecule has 2 aliphatic heterocycles. The fourth-order valence-corrected chi connectivity index (χ4v) is 4.77. The summed E-state index contributed by atoms with van der Waals surface area (Å²) in [6, 6.07) is 10.1. The van der Waals surface area contributed by atoms with E-state index in [4.69, 9.17) is 9.47 Å². The van der Waals surface area contributed by atoms with Gasteiger partial charge in [0.2, 0.25) is 5.91 Å². The first-order valence-corrected chi connectivity index (χ1v) is 10.4. The minimum absolute atomic E-state index is 0.00435. The Bertz CT molecular complexity index is 843. The van der Waals surface area contributed by atoms with Gasteiger partial charge < -0.3 is 19.8 Å². The molecule has 1 unspecified atom stereocenters. The maximum absolute atomic E-state index is 12.6. The second-order valence-electron chi connectivity index (χ2n) is 8.14. The molecule has 1 aliphatic carbocycles. The van der Waals surface area contributed by atoms with Gasteiger partial charge in [-0.1, -0.05) is 6.42 Å². The number of fused-ring (bicyclic) bond motifs is 1. The molecule has 2 aromatic rings. The summed E-state index contributed by atoms with van der Waals surface area (Å²) in [6.45, 7) is 1.34. The highest BCUT2D eigenvalue weighted by molar-refractivity contribution is 5.92. The van der Waals surface area contributed by atoms with Crippen molar-refractivity contribution in [1.82, 2.24) is 9.88 Å². The maximum Gasteiger partial charge on any atom is 0.251 e. The highest BCUT2D eigenvalue weighted by Gasteiger charge is 2.42. The number of likely N-dealkylation sites (tertiary alicyclic amines) is 1. The highest BCUT2D eigenvalue weighted by Crippen LogP contribution is 2.46. The topological polar surface area (TPSA) is 66.6 Å². The van der Waals surface area contributed by atoms with Gasteiger partial charge >= 0.3 is 0 Å². The minimum Gasteiger partial charge on any atom is -0.448 e. The third-order valence-electron chi connectivity index (χ3n) is 6.13. The summed E-state index contributed by atoms with van der Waals surface area (Å²) in [5.74, 6) is 1.04. The molecule has 6 heteroatoms. The van der Waals surface area contributed by atoms with E-state index in [-0.39, 0.29) is 5.91 Å². The normalized spacial score (nSPS) is 23.2. The Kier molecular flexibility index (Phi) is 4.51. The van der Waals surface area contributed by atoms with E-state index < -0.39 is 5.79 Å². The number of amides is 1. The Labute approximate surface area is 165 Å². The molecule has 1 saturated heterocycles. The zero-order valence-electron chi connectivity index (χ0n) is 16.1. The van der Waals surface area contributed by atoms with Gasteiger partial charge in [-0.15, -0.1) is 0 Å². The SMILES string of the molecule is O=C(CN1CCCC1c1ccc[nH]1)Nc1ccc2c(c1)OC1(CCCCC1)O2. The van der Waals surface area contributed by atoms with E-state index in [1.807, 2.05) is 30.5 Å². The number of aromatic amines is 1. The van der Waals surface area contributed by atoms with Crippen molar-refractivity contribution in [3.05, 3.63) is 42.2 Å². The van der Waals surface area contributed by atoms with Crippen LogP contribution in [0.1, 0.15) is 56.7 Å². The summed E-state index contributed by atoms with van der Waals surface area (Å²) < 4.78 is 12.3. The number of carbonyl (C=O) groups is 1. The van der Waals surface area contributed by atoms with Crippen molar-refractivity contribution in [2.75, 3.05) is 18.4 Å². The lowest BCUT2D eigenvalue weighted by molar-refractivity contribution is -0.117. The number of H-pyrrole nitrogens is 1. The summed E-state index contributed by atoms with van der Waals surface area (Å²) in [5.41, 5.74) is 1.95. The monoisotopic (exact) mass is 381 g/mol. The molecule has 5 rings (SSSR count). The van der Waals surface area contributed by atoms with E-state index >= 15 is 0 Å². The maximum atomic E-state index is 12.6. The predicted octanol–water partition coefficient (Wildman–Crippen LogP) is 4.22. The van der Waals surface area contributed by atoms with Gasteiger partial charge in [-0.2, -0.15) is 0 Å². The lowest BCUT2D eigenvalue weighted by atomic mass is 9.94. The van der Waals surface area contributed by atoms with Crippen LogP contribution in [0.25, 0.3) is 0 Å². The van der Waals surface area contributed by atoms with E-state index in [9.17, 15) is 4.79 Å². The van der Waals surface area contributed by atoms with Crippen LogP contribution in [-0.4, -0.2) is 34.7 Å². The van der Waals surface area contributed by atoms with Crippen LogP contribution in [0.5, 0.6) is 11.5 Å². The van der Waals surface area contributed by atoms with Crippen LogP contribution in [0.2, 0.25) is 0 Å². The van der Waals surface area contributed by atoms with Crippen molar-refractivity contribution >= 4 is 11.6 Å². The predicted molar refractivity (Wildman–Crippen MR) is 106 cm³/mol. The number of ether oxygens (including phenoxy) is 2. The number of aromatic nitrogens is 1. The first-order valence-electron chi connectivity index (χ1n) is 10.4. The molecule has 3 heterocycles. The summed E-state index contributed by atoms with van der Waals surface area (Å²) in [7, 11) is 0. The lowest BCUT2D eigenvalue weighted by Crippen LogP contribution is -2.40. The number of carbonyl (C=O) groups excluding carboxylic acids is 1. The Morgan fingerprint density at radius 1 is 1.14 bits per heavy atom. The molecule has 1 spiro atoms. The molecule has 0 bridgehead atoms. The van der Waals surface area contributed by atoms with Gasteiger partial charge in [0.05, 0.1) is 12.6 Å². The van der Waals surface area contributed by atoms with Crippen LogP contribution in [0, 0.1) is 0 Å². The molecule has 3 aliphatic rings. The molecule has 2 fully saturated rings. The second-order valence-corrected chi connectivity index (χ2v) is 8.14. The first-order chi connectivity index (χ1) is 13.7. The summed E-state index contributed by atoms with van der Waals surface area (Å²) in [4.78, 5) is 18.2. The van der Waals surface area contributed by atoms with Gasteiger partial charge in [0.15, 0.2) is 11.5 Å². The molecule has 1 aromatic carbocycles. The van der Waals surface area contributed by atoms with E-state index in [0.29, 0.717) is 12.6 Å². The third kappa shape index (κ3) is 3.37. The van der Waals surface area contributed by atoms with Crippen LogP contribution in [0.4, 0.5) is 5.69 Å². The molecule has 2 N–H and O–H groups in total. The molecule has 28 heavy (non-hydrogen) atoms. The van der Waals surface area contributed by atoms with Crippen molar-refractivity contribution in [2.45, 2.75) is 56.8 Å². The van der Waals surface area contributed by atoms with Crippen molar-refractivity contribution in [3.8, 4) is 11.5 Å². The largest absolute Gasteiger partial charge is 0.448 e. The Balaban J connectivity index is 1.23. The van der Waals surface area contributed by atoms with E-state index in [1.54, 1.807) is 0 Å². The average Bonchev–Trinajstić information content (AvgIpc) is 3.41. The first kappa shape index (κ1) is 17.6. The molecule has 148 valence electrons. The molecule has 1 amide bonds. The van der Waals surface area contributed by atoms with Gasteiger partial charge in [0.1, 0.15) is 0 Å². The number of hydrogen-bond acceptors (Lipinski definition) is 4. The summed E-state index contributed by atoms with van der Waals surface area (Å²) in [6.07, 6.45) is 9.51. The molecule has 0 radical (unpaired) electrons. The number of hydrogen-bond donors (Lipinski definition) is 2. The summed E-state index contributed by atoms with van der Waals surface area (Å²) >= 11 is 0. The zero-order chi connectivity index (χ0) is 19.0. The number of nitrogens with one attached hydrogen (secondary N) is 2. The van der Waals surface area contributed by atoms with Crippen LogP contribution in [-0.2, 0) is 4.79 Å². The third-order valence-corrected chi connectivity index (χ3v) is 6.13. The van der Waals surface area contributed by atoms with E-state index in [0.717, 1.165) is 62.3 Å². The molecular formula is C22H27N3O3. The Hall–Kier alpha value is -2.47. The smallest absolute Gasteiger partial charge is 0.251 e. The van der Waals surface area contributed by atoms with Gasteiger partial charge in [0.25, 0.3) is 5.79 Å². The number of nitrogens with zero attached hydrogens (tertiary/aromatic N) is 1. The van der Waals surface area contributed by atoms with Crippen molar-refractivity contribution < 1.29 is 14.3 Å². The fourth-order valence-electron chi connectivity index (χ4n) is 4.77. The number of benzene rings is 1. The Morgan fingerprint density at radius 2 is 2.00 bits per heavy atom. The average molecular weight is 381 g/mol. The van der Waals surface area contributed by atoms with E-state index in [2.05, 4.69) is 21.3 Å². The van der Waals surface area contributed by atoms with Crippen molar-refractivity contribution in [3.63, 3.8) is 0 Å².